The van der Waals surface area contributed by atoms with E-state index < -0.39 is 0 Å². The number of anilines is 1. The summed E-state index contributed by atoms with van der Waals surface area (Å²) >= 11 is 1.66. The molecule has 4 nitrogen and oxygen atoms in total. The average Bonchev–Trinajstić information content (AvgIpc) is 2.60. The second-order valence-electron chi connectivity index (χ2n) is 6.56. The van der Waals surface area contributed by atoms with Crippen LogP contribution in [0.2, 0.25) is 0 Å². The van der Waals surface area contributed by atoms with Crippen LogP contribution >= 0.6 is 11.8 Å². The van der Waals surface area contributed by atoms with E-state index in [-0.39, 0.29) is 6.09 Å². The van der Waals surface area contributed by atoms with Crippen LogP contribution in [-0.4, -0.2) is 43.0 Å². The van der Waals surface area contributed by atoms with Gasteiger partial charge in [0.25, 0.3) is 0 Å². The highest BCUT2D eigenvalue weighted by Gasteiger charge is 2.39. The van der Waals surface area contributed by atoms with Crippen molar-refractivity contribution >= 4 is 23.5 Å². The predicted octanol–water partition coefficient (Wildman–Crippen LogP) is 4.08. The first-order chi connectivity index (χ1) is 11.2. The number of piperidine rings is 3. The Morgan fingerprint density at radius 1 is 1.48 bits per heavy atom. The van der Waals surface area contributed by atoms with Gasteiger partial charge in [0.15, 0.2) is 0 Å². The number of fused-ring (bicyclic) bond motifs is 3. The second-order valence-corrected chi connectivity index (χ2v) is 7.44. The molecule has 3 saturated heterocycles. The largest absolute Gasteiger partial charge is 0.448 e. The molecule has 1 aromatic rings. The summed E-state index contributed by atoms with van der Waals surface area (Å²) in [6.45, 7) is 5.12. The molecule has 4 rings (SSSR count). The summed E-state index contributed by atoms with van der Waals surface area (Å²) in [5, 5.41) is 2.83. The zero-order chi connectivity index (χ0) is 16.2. The van der Waals surface area contributed by atoms with Crippen molar-refractivity contribution in [2.75, 3.05) is 31.3 Å². The van der Waals surface area contributed by atoms with E-state index in [1.807, 2.05) is 30.5 Å². The minimum Gasteiger partial charge on any atom is -0.448 e. The minimum atomic E-state index is -0.349. The lowest BCUT2D eigenvalue weighted by molar-refractivity contribution is -0.0240. The van der Waals surface area contributed by atoms with Crippen molar-refractivity contribution in [1.82, 2.24) is 4.90 Å². The summed E-state index contributed by atoms with van der Waals surface area (Å²) in [6, 6.07) is 8.22. The Balaban J connectivity index is 1.48. The summed E-state index contributed by atoms with van der Waals surface area (Å²) in [7, 11) is 0. The number of rotatable bonds is 5. The minimum absolute atomic E-state index is 0.349. The molecule has 3 aliphatic heterocycles. The van der Waals surface area contributed by atoms with E-state index in [0.717, 1.165) is 29.0 Å². The number of thioether (sulfide) groups is 1. The molecule has 1 amide bonds. The molecule has 1 aromatic carbocycles. The predicted molar refractivity (Wildman–Crippen MR) is 95.1 cm³/mol. The molecule has 0 radical (unpaired) electrons. The van der Waals surface area contributed by atoms with E-state index in [4.69, 9.17) is 4.74 Å². The van der Waals surface area contributed by atoms with Gasteiger partial charge >= 0.3 is 6.09 Å². The Kier molecular flexibility index (Phi) is 5.49. The smallest absolute Gasteiger partial charge is 0.411 e. The van der Waals surface area contributed by atoms with E-state index in [9.17, 15) is 4.79 Å². The first kappa shape index (κ1) is 16.7. The van der Waals surface area contributed by atoms with Gasteiger partial charge in [-0.3, -0.25) is 10.2 Å². The molecule has 4 unspecified atom stereocenters. The van der Waals surface area contributed by atoms with Crippen molar-refractivity contribution in [1.29, 1.82) is 0 Å². The molecule has 2 bridgehead atoms. The first-order valence-electron chi connectivity index (χ1n) is 8.51. The number of nitrogens with one attached hydrogen (secondary N) is 1. The molecular weight excluding hydrogens is 308 g/mol. The Morgan fingerprint density at radius 3 is 3.04 bits per heavy atom. The zero-order valence-electron chi connectivity index (χ0n) is 14.0. The Bertz CT molecular complexity index is 552. The average molecular weight is 334 g/mol. The first-order valence-corrected chi connectivity index (χ1v) is 9.74. The fourth-order valence-corrected chi connectivity index (χ4v) is 4.37. The molecule has 1 N–H and O–H groups in total. The monoisotopic (exact) mass is 334 g/mol. The molecular formula is C18H26N2O2S. The van der Waals surface area contributed by atoms with Crippen molar-refractivity contribution in [3.8, 4) is 0 Å². The highest BCUT2D eigenvalue weighted by molar-refractivity contribution is 7.98. The topological polar surface area (TPSA) is 41.6 Å². The van der Waals surface area contributed by atoms with Gasteiger partial charge in [-0.1, -0.05) is 19.4 Å². The molecule has 3 heterocycles. The number of benzene rings is 1. The third kappa shape index (κ3) is 4.01. The van der Waals surface area contributed by atoms with Crippen LogP contribution in [0.3, 0.4) is 0 Å². The van der Waals surface area contributed by atoms with Gasteiger partial charge in [-0.2, -0.15) is 0 Å². The van der Waals surface area contributed by atoms with E-state index in [2.05, 4.69) is 17.1 Å². The van der Waals surface area contributed by atoms with Gasteiger partial charge in [-0.05, 0) is 55.7 Å². The molecule has 0 aromatic heterocycles. The summed E-state index contributed by atoms with van der Waals surface area (Å²) < 4.78 is 5.48. The lowest BCUT2D eigenvalue weighted by atomic mass is 9.75. The lowest BCUT2D eigenvalue weighted by Crippen LogP contribution is -2.54. The van der Waals surface area contributed by atoms with E-state index >= 15 is 0 Å². The molecule has 126 valence electrons. The molecule has 0 aliphatic carbocycles. The van der Waals surface area contributed by atoms with Gasteiger partial charge in [0.2, 0.25) is 0 Å². The molecule has 4 atom stereocenters. The number of nitrogens with zero attached hydrogens (tertiary/aromatic N) is 1. The number of hydrogen-bond acceptors (Lipinski definition) is 4. The third-order valence-electron chi connectivity index (χ3n) is 5.26. The van der Waals surface area contributed by atoms with Crippen molar-refractivity contribution in [2.24, 2.45) is 11.8 Å². The van der Waals surface area contributed by atoms with Crippen molar-refractivity contribution in [3.05, 3.63) is 24.3 Å². The van der Waals surface area contributed by atoms with E-state index in [1.54, 1.807) is 11.8 Å². The summed E-state index contributed by atoms with van der Waals surface area (Å²) in [5.41, 5.74) is 0.790. The van der Waals surface area contributed by atoms with Gasteiger partial charge in [-0.25, -0.2) is 4.79 Å². The van der Waals surface area contributed by atoms with Crippen molar-refractivity contribution in [3.63, 3.8) is 0 Å². The molecule has 0 saturated carbocycles. The fraction of sp³-hybridized carbons (Fsp3) is 0.611. The summed E-state index contributed by atoms with van der Waals surface area (Å²) in [5.74, 6) is 1.66. The standard InChI is InChI=1S/C18H26N2O2S/c1-3-13-11-20-8-7-14(13)9-16(20)12-22-18(21)19-15-5-4-6-17(10-15)23-2/h4-6,10,13-14,16H,3,7-9,11-12H2,1-2H3,(H,19,21). The highest BCUT2D eigenvalue weighted by Crippen LogP contribution is 2.37. The fourth-order valence-electron chi connectivity index (χ4n) is 3.91. The van der Waals surface area contributed by atoms with E-state index in [1.165, 1.54) is 25.8 Å². The van der Waals surface area contributed by atoms with Crippen LogP contribution in [0.25, 0.3) is 0 Å². The number of carbonyl (C=O) groups excluding carboxylic acids is 1. The maximum Gasteiger partial charge on any atom is 0.411 e. The van der Waals surface area contributed by atoms with Gasteiger partial charge in [0, 0.05) is 23.2 Å². The Labute approximate surface area is 143 Å². The molecule has 5 heteroatoms. The Hall–Kier alpha value is -1.20. The molecule has 3 aliphatic rings. The van der Waals surface area contributed by atoms with Crippen molar-refractivity contribution in [2.45, 2.75) is 37.1 Å². The number of ether oxygens (including phenoxy) is 1. The SMILES string of the molecule is CCC1CN2CCC1CC2COC(=O)Nc1cccc(SC)c1. The normalized spacial score (nSPS) is 29.3. The number of amides is 1. The van der Waals surface area contributed by atoms with Crippen molar-refractivity contribution < 1.29 is 9.53 Å². The number of carbonyl (C=O) groups is 1. The van der Waals surface area contributed by atoms with Gasteiger partial charge in [0.1, 0.15) is 6.61 Å². The Morgan fingerprint density at radius 2 is 2.35 bits per heavy atom. The highest BCUT2D eigenvalue weighted by atomic mass is 32.2. The van der Waals surface area contributed by atoms with Gasteiger partial charge in [0.05, 0.1) is 0 Å². The second kappa shape index (κ2) is 7.58. The van der Waals surface area contributed by atoms with Crippen LogP contribution < -0.4 is 5.32 Å². The van der Waals surface area contributed by atoms with Gasteiger partial charge < -0.3 is 4.74 Å². The summed E-state index contributed by atoms with van der Waals surface area (Å²) in [4.78, 5) is 15.7. The molecule has 3 fully saturated rings. The van der Waals surface area contributed by atoms with Crippen LogP contribution in [0.15, 0.2) is 29.2 Å². The molecule has 0 spiro atoms. The quantitative estimate of drug-likeness (QED) is 0.824. The lowest BCUT2D eigenvalue weighted by Gasteiger charge is -2.49. The van der Waals surface area contributed by atoms with E-state index in [0.29, 0.717) is 12.6 Å². The summed E-state index contributed by atoms with van der Waals surface area (Å²) in [6.07, 6.45) is 5.42. The zero-order valence-corrected chi connectivity index (χ0v) is 14.8. The van der Waals surface area contributed by atoms with Crippen LogP contribution in [0, 0.1) is 11.8 Å². The van der Waals surface area contributed by atoms with Crippen LogP contribution in [0.5, 0.6) is 0 Å². The van der Waals surface area contributed by atoms with Crippen LogP contribution in [-0.2, 0) is 4.74 Å². The van der Waals surface area contributed by atoms with Crippen LogP contribution in [0.4, 0.5) is 10.5 Å². The maximum absolute atomic E-state index is 12.0. The van der Waals surface area contributed by atoms with Crippen LogP contribution in [0.1, 0.15) is 26.2 Å². The third-order valence-corrected chi connectivity index (χ3v) is 5.99. The van der Waals surface area contributed by atoms with Gasteiger partial charge in [-0.15, -0.1) is 11.8 Å². The number of hydrogen-bond donors (Lipinski definition) is 1. The molecule has 23 heavy (non-hydrogen) atoms. The maximum atomic E-state index is 12.0.